The van der Waals surface area contributed by atoms with Crippen molar-refractivity contribution in [3.05, 3.63) is 35.4 Å². The standard InChI is InChI=1S/C14H20O4/c1-13(2,3)11-6-4-10(5-7-11)12(17)14(18,8-15)9-16/h4-8,12,16-18H,9H2,1-3H3. The molecule has 0 heterocycles. The van der Waals surface area contributed by atoms with Crippen LogP contribution in [0.25, 0.3) is 0 Å². The third-order valence-corrected chi connectivity index (χ3v) is 3.02. The lowest BCUT2D eigenvalue weighted by Gasteiger charge is -2.26. The van der Waals surface area contributed by atoms with Crippen LogP contribution in [0.5, 0.6) is 0 Å². The zero-order chi connectivity index (χ0) is 14.0. The molecule has 2 atom stereocenters. The zero-order valence-corrected chi connectivity index (χ0v) is 10.9. The zero-order valence-electron chi connectivity index (χ0n) is 10.9. The van der Waals surface area contributed by atoms with Crippen LogP contribution in [0.2, 0.25) is 0 Å². The van der Waals surface area contributed by atoms with Crippen molar-refractivity contribution < 1.29 is 20.1 Å². The molecule has 2 unspecified atom stereocenters. The molecule has 0 radical (unpaired) electrons. The van der Waals surface area contributed by atoms with Crippen LogP contribution in [0.15, 0.2) is 24.3 Å². The first-order valence-electron chi connectivity index (χ1n) is 5.82. The van der Waals surface area contributed by atoms with Gasteiger partial charge in [0.1, 0.15) is 6.10 Å². The lowest BCUT2D eigenvalue weighted by molar-refractivity contribution is -0.145. The van der Waals surface area contributed by atoms with Gasteiger partial charge in [-0.2, -0.15) is 0 Å². The normalized spacial score (nSPS) is 17.0. The Hall–Kier alpha value is -1.23. The summed E-state index contributed by atoms with van der Waals surface area (Å²) in [6.07, 6.45) is -1.27. The van der Waals surface area contributed by atoms with E-state index in [2.05, 4.69) is 20.8 Å². The van der Waals surface area contributed by atoms with Crippen molar-refractivity contribution in [3.63, 3.8) is 0 Å². The Kier molecular flexibility index (Phi) is 4.27. The third-order valence-electron chi connectivity index (χ3n) is 3.02. The Labute approximate surface area is 107 Å². The summed E-state index contributed by atoms with van der Waals surface area (Å²) in [5.74, 6) is 0. The van der Waals surface area contributed by atoms with Gasteiger partial charge in [-0.1, -0.05) is 45.0 Å². The molecule has 1 aromatic rings. The highest BCUT2D eigenvalue weighted by molar-refractivity contribution is 5.64. The number of carbonyl (C=O) groups excluding carboxylic acids is 1. The molecule has 18 heavy (non-hydrogen) atoms. The minimum atomic E-state index is -2.15. The first-order chi connectivity index (χ1) is 8.24. The van der Waals surface area contributed by atoms with Crippen molar-refractivity contribution >= 4 is 6.29 Å². The second-order valence-corrected chi connectivity index (χ2v) is 5.54. The highest BCUT2D eigenvalue weighted by atomic mass is 16.4. The SMILES string of the molecule is CC(C)(C)c1ccc(C(O)C(O)(C=O)CO)cc1. The molecule has 0 bridgehead atoms. The average Bonchev–Trinajstić information content (AvgIpc) is 2.36. The summed E-state index contributed by atoms with van der Waals surface area (Å²) in [6, 6.07) is 6.97. The molecule has 0 aliphatic carbocycles. The fraction of sp³-hybridized carbons (Fsp3) is 0.500. The summed E-state index contributed by atoms with van der Waals surface area (Å²) in [7, 11) is 0. The van der Waals surface area contributed by atoms with Gasteiger partial charge in [0.25, 0.3) is 0 Å². The van der Waals surface area contributed by atoms with Gasteiger partial charge in [-0.15, -0.1) is 0 Å². The molecule has 1 rings (SSSR count). The highest BCUT2D eigenvalue weighted by Crippen LogP contribution is 2.27. The molecule has 0 saturated heterocycles. The molecule has 0 fully saturated rings. The molecule has 3 N–H and O–H groups in total. The first-order valence-corrected chi connectivity index (χ1v) is 5.82. The maximum absolute atomic E-state index is 10.7. The van der Waals surface area contributed by atoms with Crippen LogP contribution in [0.1, 0.15) is 38.0 Å². The molecule has 1 aromatic carbocycles. The number of aldehydes is 1. The second kappa shape index (κ2) is 5.18. The molecule has 100 valence electrons. The van der Waals surface area contributed by atoms with Crippen molar-refractivity contribution in [1.29, 1.82) is 0 Å². The molecule has 4 nitrogen and oxygen atoms in total. The van der Waals surface area contributed by atoms with Crippen LogP contribution in [0.4, 0.5) is 0 Å². The van der Waals surface area contributed by atoms with Gasteiger partial charge < -0.3 is 15.3 Å². The lowest BCUT2D eigenvalue weighted by atomic mass is 9.85. The predicted molar refractivity (Wildman–Crippen MR) is 68.2 cm³/mol. The number of aliphatic hydroxyl groups is 3. The van der Waals surface area contributed by atoms with Crippen LogP contribution in [0, 0.1) is 0 Å². The van der Waals surface area contributed by atoms with E-state index in [0.717, 1.165) is 5.56 Å². The molecular weight excluding hydrogens is 232 g/mol. The van der Waals surface area contributed by atoms with Gasteiger partial charge >= 0.3 is 0 Å². The number of aliphatic hydroxyl groups excluding tert-OH is 2. The fourth-order valence-electron chi connectivity index (χ4n) is 1.64. The third kappa shape index (κ3) is 2.96. The Morgan fingerprint density at radius 2 is 1.72 bits per heavy atom. The fourth-order valence-corrected chi connectivity index (χ4v) is 1.64. The molecule has 4 heteroatoms. The van der Waals surface area contributed by atoms with Gasteiger partial charge in [-0.25, -0.2) is 0 Å². The van der Waals surface area contributed by atoms with E-state index in [1.807, 2.05) is 12.1 Å². The van der Waals surface area contributed by atoms with E-state index in [0.29, 0.717) is 5.56 Å². The predicted octanol–water partition coefficient (Wildman–Crippen LogP) is 0.940. The smallest absolute Gasteiger partial charge is 0.172 e. The Morgan fingerprint density at radius 3 is 2.06 bits per heavy atom. The summed E-state index contributed by atoms with van der Waals surface area (Å²) in [4.78, 5) is 10.7. The summed E-state index contributed by atoms with van der Waals surface area (Å²) >= 11 is 0. The summed E-state index contributed by atoms with van der Waals surface area (Å²) in [6.45, 7) is 5.37. The van der Waals surface area contributed by atoms with Crippen LogP contribution in [-0.4, -0.2) is 33.8 Å². The summed E-state index contributed by atoms with van der Waals surface area (Å²) < 4.78 is 0. The van der Waals surface area contributed by atoms with E-state index in [9.17, 15) is 15.0 Å². The summed E-state index contributed by atoms with van der Waals surface area (Å²) in [5, 5.41) is 28.6. The molecule has 0 aliphatic rings. The van der Waals surface area contributed by atoms with Gasteiger partial charge in [0.2, 0.25) is 0 Å². The number of benzene rings is 1. The number of rotatable bonds is 4. The van der Waals surface area contributed by atoms with E-state index in [1.165, 1.54) is 0 Å². The molecule has 0 amide bonds. The largest absolute Gasteiger partial charge is 0.393 e. The van der Waals surface area contributed by atoms with E-state index in [4.69, 9.17) is 5.11 Å². The van der Waals surface area contributed by atoms with E-state index < -0.39 is 18.3 Å². The summed E-state index contributed by atoms with van der Waals surface area (Å²) in [5.41, 5.74) is -0.686. The number of hydrogen-bond donors (Lipinski definition) is 3. The van der Waals surface area contributed by atoms with Gasteiger partial charge in [0.05, 0.1) is 6.61 Å². The van der Waals surface area contributed by atoms with Gasteiger partial charge in [0, 0.05) is 0 Å². The van der Waals surface area contributed by atoms with Crippen molar-refractivity contribution in [2.45, 2.75) is 37.9 Å². The maximum atomic E-state index is 10.7. The van der Waals surface area contributed by atoms with Crippen LogP contribution < -0.4 is 0 Å². The minimum Gasteiger partial charge on any atom is -0.393 e. The molecular formula is C14H20O4. The average molecular weight is 252 g/mol. The lowest BCUT2D eigenvalue weighted by Crippen LogP contribution is -2.41. The monoisotopic (exact) mass is 252 g/mol. The maximum Gasteiger partial charge on any atom is 0.172 e. The van der Waals surface area contributed by atoms with Gasteiger partial charge in [-0.05, 0) is 16.5 Å². The number of hydrogen-bond acceptors (Lipinski definition) is 4. The van der Waals surface area contributed by atoms with Crippen LogP contribution in [-0.2, 0) is 10.2 Å². The van der Waals surface area contributed by atoms with Gasteiger partial charge in [0.15, 0.2) is 11.9 Å². The second-order valence-electron chi connectivity index (χ2n) is 5.54. The minimum absolute atomic E-state index is 0.0125. The van der Waals surface area contributed by atoms with Gasteiger partial charge in [-0.3, -0.25) is 4.79 Å². The van der Waals surface area contributed by atoms with E-state index >= 15 is 0 Å². The Balaban J connectivity index is 3.02. The van der Waals surface area contributed by atoms with Crippen LogP contribution in [0.3, 0.4) is 0 Å². The van der Waals surface area contributed by atoms with Crippen molar-refractivity contribution in [2.24, 2.45) is 0 Å². The molecule has 0 saturated carbocycles. The van der Waals surface area contributed by atoms with Crippen molar-refractivity contribution in [1.82, 2.24) is 0 Å². The molecule has 0 aliphatic heterocycles. The Bertz CT molecular complexity index is 405. The first kappa shape index (κ1) is 14.8. The molecule has 0 spiro atoms. The highest BCUT2D eigenvalue weighted by Gasteiger charge is 2.36. The quantitative estimate of drug-likeness (QED) is 0.697. The number of carbonyl (C=O) groups is 1. The van der Waals surface area contributed by atoms with Crippen molar-refractivity contribution in [2.75, 3.05) is 6.61 Å². The van der Waals surface area contributed by atoms with E-state index in [-0.39, 0.29) is 11.7 Å². The Morgan fingerprint density at radius 1 is 1.22 bits per heavy atom. The topological polar surface area (TPSA) is 77.8 Å². The van der Waals surface area contributed by atoms with E-state index in [1.54, 1.807) is 12.1 Å². The van der Waals surface area contributed by atoms with Crippen molar-refractivity contribution in [3.8, 4) is 0 Å². The molecule has 0 aromatic heterocycles. The van der Waals surface area contributed by atoms with Crippen LogP contribution >= 0.6 is 0 Å².